The van der Waals surface area contributed by atoms with Crippen molar-refractivity contribution in [1.29, 1.82) is 0 Å². The predicted octanol–water partition coefficient (Wildman–Crippen LogP) is 1.28. The molecule has 0 aliphatic rings. The van der Waals surface area contributed by atoms with Crippen LogP contribution in [0.5, 0.6) is 0 Å². The minimum atomic E-state index is -1.28. The lowest BCUT2D eigenvalue weighted by molar-refractivity contribution is -0.144. The number of nitrogens with one attached hydrogen (secondary N) is 1. The molecule has 0 aliphatic carbocycles. The zero-order valence-electron chi connectivity index (χ0n) is 10.9. The molecule has 18 heavy (non-hydrogen) atoms. The number of hydrogen-bond acceptors (Lipinski definition) is 3. The molecule has 0 fully saturated rings. The van der Waals surface area contributed by atoms with Gasteiger partial charge in [0, 0.05) is 13.1 Å². The third-order valence-corrected chi connectivity index (χ3v) is 2.87. The van der Waals surface area contributed by atoms with Crippen LogP contribution in [0, 0.1) is 5.82 Å². The highest BCUT2D eigenvalue weighted by molar-refractivity contribution is 5.80. The Bertz CT molecular complexity index is 423. The van der Waals surface area contributed by atoms with Gasteiger partial charge in [-0.3, -0.25) is 5.32 Å². The Hall–Kier alpha value is -1.46. The molecule has 4 nitrogen and oxygen atoms in total. The second-order valence-corrected chi connectivity index (χ2v) is 4.67. The highest BCUT2D eigenvalue weighted by atomic mass is 19.1. The Morgan fingerprint density at radius 2 is 2.17 bits per heavy atom. The summed E-state index contributed by atoms with van der Waals surface area (Å²) in [7, 11) is 3.81. The molecule has 0 spiro atoms. The average Bonchev–Trinajstić information content (AvgIpc) is 2.28. The number of likely N-dealkylation sites (N-methyl/N-ethyl adjacent to an activating group) is 1. The van der Waals surface area contributed by atoms with E-state index in [1.807, 2.05) is 19.0 Å². The summed E-state index contributed by atoms with van der Waals surface area (Å²) in [5, 5.41) is 12.3. The molecule has 1 rings (SSSR count). The van der Waals surface area contributed by atoms with Crippen molar-refractivity contribution >= 4 is 5.97 Å². The van der Waals surface area contributed by atoms with Gasteiger partial charge in [0.25, 0.3) is 0 Å². The number of carbonyl (C=O) groups is 1. The van der Waals surface area contributed by atoms with E-state index in [9.17, 15) is 14.3 Å². The smallest absolute Gasteiger partial charge is 0.328 e. The van der Waals surface area contributed by atoms with E-state index in [-0.39, 0.29) is 0 Å². The van der Waals surface area contributed by atoms with Crippen molar-refractivity contribution in [2.24, 2.45) is 0 Å². The maximum Gasteiger partial charge on any atom is 0.328 e. The molecule has 0 aromatic heterocycles. The summed E-state index contributed by atoms with van der Waals surface area (Å²) in [6.45, 7) is 2.75. The molecule has 0 bridgehead atoms. The van der Waals surface area contributed by atoms with E-state index in [0.29, 0.717) is 18.7 Å². The van der Waals surface area contributed by atoms with Crippen molar-refractivity contribution in [2.45, 2.75) is 12.5 Å². The van der Waals surface area contributed by atoms with Crippen LogP contribution >= 0.6 is 0 Å². The molecular weight excluding hydrogens is 235 g/mol. The van der Waals surface area contributed by atoms with E-state index in [0.717, 1.165) is 0 Å². The number of nitrogens with zero attached hydrogens (tertiary/aromatic N) is 1. The van der Waals surface area contributed by atoms with Crippen LogP contribution in [-0.2, 0) is 10.3 Å². The molecule has 0 heterocycles. The molecule has 1 atom stereocenters. The van der Waals surface area contributed by atoms with Gasteiger partial charge in [0.1, 0.15) is 11.4 Å². The summed E-state index contributed by atoms with van der Waals surface area (Å²) >= 11 is 0. The highest BCUT2D eigenvalue weighted by Gasteiger charge is 2.34. The molecule has 0 radical (unpaired) electrons. The quantitative estimate of drug-likeness (QED) is 0.803. The largest absolute Gasteiger partial charge is 0.480 e. The Morgan fingerprint density at radius 1 is 1.50 bits per heavy atom. The van der Waals surface area contributed by atoms with Crippen LogP contribution in [0.25, 0.3) is 0 Å². The van der Waals surface area contributed by atoms with Gasteiger partial charge >= 0.3 is 5.97 Å². The summed E-state index contributed by atoms with van der Waals surface area (Å²) in [6, 6.07) is 5.67. The van der Waals surface area contributed by atoms with Crippen LogP contribution in [-0.4, -0.2) is 43.2 Å². The number of halogens is 1. The van der Waals surface area contributed by atoms with Crippen molar-refractivity contribution < 1.29 is 14.3 Å². The van der Waals surface area contributed by atoms with Gasteiger partial charge in [-0.2, -0.15) is 0 Å². The minimum Gasteiger partial charge on any atom is -0.480 e. The van der Waals surface area contributed by atoms with Crippen LogP contribution < -0.4 is 5.32 Å². The van der Waals surface area contributed by atoms with Crippen LogP contribution in [0.2, 0.25) is 0 Å². The third kappa shape index (κ3) is 3.51. The van der Waals surface area contributed by atoms with Gasteiger partial charge in [0.2, 0.25) is 0 Å². The summed E-state index contributed by atoms with van der Waals surface area (Å²) in [4.78, 5) is 13.4. The Balaban J connectivity index is 2.90. The van der Waals surface area contributed by atoms with Gasteiger partial charge in [-0.25, -0.2) is 9.18 Å². The van der Waals surface area contributed by atoms with Gasteiger partial charge in [0.15, 0.2) is 0 Å². The van der Waals surface area contributed by atoms with Crippen molar-refractivity contribution in [3.05, 3.63) is 35.6 Å². The maximum atomic E-state index is 13.2. The zero-order chi connectivity index (χ0) is 13.8. The first-order chi connectivity index (χ1) is 8.36. The summed E-state index contributed by atoms with van der Waals surface area (Å²) < 4.78 is 13.2. The molecule has 0 saturated carbocycles. The van der Waals surface area contributed by atoms with Crippen molar-refractivity contribution in [2.75, 3.05) is 27.2 Å². The molecule has 0 aliphatic heterocycles. The fourth-order valence-electron chi connectivity index (χ4n) is 1.63. The lowest BCUT2D eigenvalue weighted by atomic mass is 9.92. The first-order valence-electron chi connectivity index (χ1n) is 5.75. The topological polar surface area (TPSA) is 52.6 Å². The van der Waals surface area contributed by atoms with E-state index in [1.165, 1.54) is 18.2 Å². The average molecular weight is 254 g/mol. The van der Waals surface area contributed by atoms with Crippen molar-refractivity contribution in [3.63, 3.8) is 0 Å². The third-order valence-electron chi connectivity index (χ3n) is 2.87. The SMILES string of the molecule is CN(C)CCNC(C)(C(=O)O)c1cccc(F)c1. The van der Waals surface area contributed by atoms with Crippen LogP contribution in [0.3, 0.4) is 0 Å². The van der Waals surface area contributed by atoms with E-state index in [4.69, 9.17) is 0 Å². The monoisotopic (exact) mass is 254 g/mol. The minimum absolute atomic E-state index is 0.411. The lowest BCUT2D eigenvalue weighted by Crippen LogP contribution is -2.48. The summed E-state index contributed by atoms with van der Waals surface area (Å²) in [6.07, 6.45) is 0. The van der Waals surface area contributed by atoms with E-state index in [1.54, 1.807) is 13.0 Å². The number of carboxylic acid groups (broad SMARTS) is 1. The molecular formula is C13H19FN2O2. The predicted molar refractivity (Wildman–Crippen MR) is 67.9 cm³/mol. The van der Waals surface area contributed by atoms with Gasteiger partial charge in [-0.15, -0.1) is 0 Å². The molecule has 100 valence electrons. The molecule has 1 unspecified atom stereocenters. The fraction of sp³-hybridized carbons (Fsp3) is 0.462. The van der Waals surface area contributed by atoms with Crippen molar-refractivity contribution in [1.82, 2.24) is 10.2 Å². The Kier molecular flexibility index (Phi) is 4.81. The van der Waals surface area contributed by atoms with Crippen LogP contribution in [0.15, 0.2) is 24.3 Å². The Morgan fingerprint density at radius 3 is 2.67 bits per heavy atom. The molecule has 0 saturated heterocycles. The first-order valence-corrected chi connectivity index (χ1v) is 5.75. The second kappa shape index (κ2) is 5.93. The van der Waals surface area contributed by atoms with E-state index in [2.05, 4.69) is 5.32 Å². The normalized spacial score (nSPS) is 14.5. The number of hydrogen-bond donors (Lipinski definition) is 2. The summed E-state index contributed by atoms with van der Waals surface area (Å²) in [5.74, 6) is -1.46. The molecule has 5 heteroatoms. The molecule has 1 aromatic carbocycles. The number of aliphatic carboxylic acids is 1. The number of rotatable bonds is 6. The number of carboxylic acids is 1. The van der Waals surface area contributed by atoms with Gasteiger partial charge < -0.3 is 10.0 Å². The standard InChI is InChI=1S/C13H19FN2O2/c1-13(12(17)18,15-7-8-16(2)3)10-5-4-6-11(14)9-10/h4-6,9,15H,7-8H2,1-3H3,(H,17,18). The first kappa shape index (κ1) is 14.6. The Labute approximate surface area is 106 Å². The van der Waals surface area contributed by atoms with Gasteiger partial charge in [-0.1, -0.05) is 12.1 Å². The van der Waals surface area contributed by atoms with Crippen molar-refractivity contribution in [3.8, 4) is 0 Å². The van der Waals surface area contributed by atoms with E-state index >= 15 is 0 Å². The van der Waals surface area contributed by atoms with Gasteiger partial charge in [0.05, 0.1) is 0 Å². The maximum absolute atomic E-state index is 13.2. The lowest BCUT2D eigenvalue weighted by Gasteiger charge is -2.27. The molecule has 1 aromatic rings. The zero-order valence-corrected chi connectivity index (χ0v) is 10.9. The second-order valence-electron chi connectivity index (χ2n) is 4.67. The molecule has 2 N–H and O–H groups in total. The summed E-state index contributed by atoms with van der Waals surface area (Å²) in [5.41, 5.74) is -0.869. The number of benzene rings is 1. The van der Waals surface area contributed by atoms with Gasteiger partial charge in [-0.05, 0) is 38.7 Å². The highest BCUT2D eigenvalue weighted by Crippen LogP contribution is 2.21. The van der Waals surface area contributed by atoms with E-state index < -0.39 is 17.3 Å². The molecule has 0 amide bonds. The van der Waals surface area contributed by atoms with Crippen LogP contribution in [0.1, 0.15) is 12.5 Å². The fourth-order valence-corrected chi connectivity index (χ4v) is 1.63. The van der Waals surface area contributed by atoms with Crippen LogP contribution in [0.4, 0.5) is 4.39 Å².